The number of halogens is 4. The van der Waals surface area contributed by atoms with Gasteiger partial charge < -0.3 is 9.53 Å². The van der Waals surface area contributed by atoms with E-state index in [9.17, 15) is 22.8 Å². The topological polar surface area (TPSA) is 56.3 Å². The lowest BCUT2D eigenvalue weighted by Crippen LogP contribution is -2.25. The fourth-order valence-electron chi connectivity index (χ4n) is 1.86. The Balaban J connectivity index is 3.32. The lowest BCUT2D eigenvalue weighted by atomic mass is 9.88. The van der Waals surface area contributed by atoms with Crippen LogP contribution in [0.1, 0.15) is 30.5 Å². The lowest BCUT2D eigenvalue weighted by Gasteiger charge is -2.20. The van der Waals surface area contributed by atoms with Gasteiger partial charge >= 0.3 is 12.1 Å². The van der Waals surface area contributed by atoms with Crippen molar-refractivity contribution in [1.29, 1.82) is 0 Å². The minimum absolute atomic E-state index is 0.101. The fraction of sp³-hybridized carbons (Fsp3) is 0.462. The number of esters is 1. The molecule has 0 aliphatic heterocycles. The van der Waals surface area contributed by atoms with Gasteiger partial charge in [-0.2, -0.15) is 13.2 Å². The van der Waals surface area contributed by atoms with Gasteiger partial charge in [0.2, 0.25) is 0 Å². The van der Waals surface area contributed by atoms with Gasteiger partial charge in [0, 0.05) is 12.1 Å². The monoisotopic (exact) mass is 323 g/mol. The average molecular weight is 324 g/mol. The third-order valence-corrected chi connectivity index (χ3v) is 3.32. The van der Waals surface area contributed by atoms with Gasteiger partial charge in [-0.3, -0.25) is 9.78 Å². The van der Waals surface area contributed by atoms with E-state index in [4.69, 9.17) is 11.6 Å². The van der Waals surface area contributed by atoms with E-state index in [-0.39, 0.29) is 10.7 Å². The number of rotatable bonds is 5. The summed E-state index contributed by atoms with van der Waals surface area (Å²) >= 11 is 5.80. The quantitative estimate of drug-likeness (QED) is 0.616. The van der Waals surface area contributed by atoms with Crippen LogP contribution in [0.4, 0.5) is 13.2 Å². The first-order chi connectivity index (χ1) is 9.76. The molecule has 1 aromatic rings. The molecule has 4 nitrogen and oxygen atoms in total. The molecule has 0 amide bonds. The summed E-state index contributed by atoms with van der Waals surface area (Å²) in [5.41, 5.74) is -1.13. The predicted octanol–water partition coefficient (Wildman–Crippen LogP) is 3.24. The Morgan fingerprint density at radius 3 is 2.52 bits per heavy atom. The van der Waals surface area contributed by atoms with Crippen molar-refractivity contribution in [2.24, 2.45) is 5.92 Å². The van der Waals surface area contributed by atoms with Crippen LogP contribution >= 0.6 is 11.6 Å². The van der Waals surface area contributed by atoms with E-state index in [1.54, 1.807) is 6.92 Å². The highest BCUT2D eigenvalue weighted by molar-refractivity contribution is 6.31. The van der Waals surface area contributed by atoms with Crippen molar-refractivity contribution < 1.29 is 27.5 Å². The molecule has 116 valence electrons. The Kier molecular flexibility index (Phi) is 5.71. The van der Waals surface area contributed by atoms with Gasteiger partial charge in [-0.05, 0) is 12.5 Å². The summed E-state index contributed by atoms with van der Waals surface area (Å²) in [6.45, 7) is 1.66. The second kappa shape index (κ2) is 6.89. The Bertz CT molecular complexity index is 534. The van der Waals surface area contributed by atoms with Crippen molar-refractivity contribution in [2.45, 2.75) is 25.4 Å². The first-order valence-corrected chi connectivity index (χ1v) is 6.39. The lowest BCUT2D eigenvalue weighted by molar-refractivity contribution is -0.145. The summed E-state index contributed by atoms with van der Waals surface area (Å²) in [5.74, 6) is -2.69. The van der Waals surface area contributed by atoms with Crippen LogP contribution in [-0.4, -0.2) is 24.3 Å². The number of aromatic nitrogens is 1. The smallest absolute Gasteiger partial charge is 0.417 e. The minimum atomic E-state index is -4.59. The maximum absolute atomic E-state index is 12.6. The molecule has 2 atom stereocenters. The van der Waals surface area contributed by atoms with Crippen LogP contribution in [0, 0.1) is 5.92 Å². The normalized spacial score (nSPS) is 14.4. The maximum atomic E-state index is 12.6. The van der Waals surface area contributed by atoms with Crippen molar-refractivity contribution in [3.8, 4) is 0 Å². The van der Waals surface area contributed by atoms with Gasteiger partial charge in [0.1, 0.15) is 12.2 Å². The van der Waals surface area contributed by atoms with Crippen LogP contribution in [-0.2, 0) is 20.5 Å². The molecule has 0 aromatic carbocycles. The molecule has 0 radical (unpaired) electrons. The van der Waals surface area contributed by atoms with Gasteiger partial charge in [-0.15, -0.1) is 0 Å². The number of pyridine rings is 1. The molecule has 0 aliphatic carbocycles. The van der Waals surface area contributed by atoms with E-state index < -0.39 is 29.5 Å². The Morgan fingerprint density at radius 2 is 2.14 bits per heavy atom. The fourth-order valence-corrected chi connectivity index (χ4v) is 2.14. The zero-order chi connectivity index (χ0) is 16.2. The second-order valence-electron chi connectivity index (χ2n) is 4.30. The van der Waals surface area contributed by atoms with Gasteiger partial charge in [-0.25, -0.2) is 0 Å². The molecule has 0 saturated carbocycles. The summed E-state index contributed by atoms with van der Waals surface area (Å²) in [6.07, 6.45) is -3.18. The summed E-state index contributed by atoms with van der Waals surface area (Å²) < 4.78 is 42.3. The van der Waals surface area contributed by atoms with Crippen LogP contribution in [0.3, 0.4) is 0 Å². The number of hydrogen-bond acceptors (Lipinski definition) is 4. The van der Waals surface area contributed by atoms with Crippen molar-refractivity contribution in [1.82, 2.24) is 4.98 Å². The SMILES string of the molecule is CCC(C=O)C(C(=O)OC)c1ncc(C(F)(F)F)cc1Cl. The molecule has 1 aromatic heterocycles. The molecule has 0 fully saturated rings. The molecule has 2 unspecified atom stereocenters. The number of methoxy groups -OCH3 is 1. The highest BCUT2D eigenvalue weighted by Gasteiger charge is 2.36. The van der Waals surface area contributed by atoms with Gasteiger partial charge in [0.05, 0.1) is 23.4 Å². The van der Waals surface area contributed by atoms with Crippen molar-refractivity contribution >= 4 is 23.9 Å². The highest BCUT2D eigenvalue weighted by atomic mass is 35.5. The first kappa shape index (κ1) is 17.4. The summed E-state index contributed by atoms with van der Waals surface area (Å²) in [5, 5.41) is -0.333. The third kappa shape index (κ3) is 3.93. The molecule has 0 N–H and O–H groups in total. The van der Waals surface area contributed by atoms with Crippen LogP contribution in [0.2, 0.25) is 5.02 Å². The van der Waals surface area contributed by atoms with Crippen LogP contribution in [0.5, 0.6) is 0 Å². The molecule has 8 heteroatoms. The van der Waals surface area contributed by atoms with E-state index >= 15 is 0 Å². The zero-order valence-corrected chi connectivity index (χ0v) is 12.0. The average Bonchev–Trinajstić information content (AvgIpc) is 2.43. The molecule has 0 aliphatic rings. The molecule has 1 heterocycles. The molecule has 0 bridgehead atoms. The van der Waals surface area contributed by atoms with Crippen LogP contribution in [0.25, 0.3) is 0 Å². The van der Waals surface area contributed by atoms with Gasteiger partial charge in [0.25, 0.3) is 0 Å². The van der Waals surface area contributed by atoms with Crippen molar-refractivity contribution in [2.75, 3.05) is 7.11 Å². The van der Waals surface area contributed by atoms with E-state index in [1.807, 2.05) is 0 Å². The standard InChI is InChI=1S/C13H13ClF3NO3/c1-3-7(6-19)10(12(20)21-2)11-9(14)4-8(5-18-11)13(15,16)17/h4-7,10H,3H2,1-2H3. The van der Waals surface area contributed by atoms with E-state index in [1.165, 1.54) is 0 Å². The van der Waals surface area contributed by atoms with E-state index in [0.717, 1.165) is 7.11 Å². The number of carbonyl (C=O) groups is 2. The molecular weight excluding hydrogens is 311 g/mol. The van der Waals surface area contributed by atoms with Crippen molar-refractivity contribution in [3.05, 3.63) is 28.5 Å². The zero-order valence-electron chi connectivity index (χ0n) is 11.3. The number of alkyl halides is 3. The molecule has 0 spiro atoms. The summed E-state index contributed by atoms with van der Waals surface area (Å²) in [6, 6.07) is 0.678. The van der Waals surface area contributed by atoms with E-state index in [2.05, 4.69) is 9.72 Å². The molecule has 1 rings (SSSR count). The predicted molar refractivity (Wildman–Crippen MR) is 68.9 cm³/mol. The molecule has 0 saturated heterocycles. The largest absolute Gasteiger partial charge is 0.468 e. The maximum Gasteiger partial charge on any atom is 0.417 e. The second-order valence-corrected chi connectivity index (χ2v) is 4.71. The summed E-state index contributed by atoms with van der Waals surface area (Å²) in [7, 11) is 1.12. The van der Waals surface area contributed by atoms with Gasteiger partial charge in [-0.1, -0.05) is 18.5 Å². The minimum Gasteiger partial charge on any atom is -0.468 e. The number of ether oxygens (including phenoxy) is 1. The van der Waals surface area contributed by atoms with Crippen molar-refractivity contribution in [3.63, 3.8) is 0 Å². The Labute approximate surface area is 124 Å². The molecular formula is C13H13ClF3NO3. The molecule has 21 heavy (non-hydrogen) atoms. The Morgan fingerprint density at radius 1 is 1.52 bits per heavy atom. The van der Waals surface area contributed by atoms with E-state index in [0.29, 0.717) is 25.0 Å². The highest BCUT2D eigenvalue weighted by Crippen LogP contribution is 2.35. The number of hydrogen-bond donors (Lipinski definition) is 0. The van der Waals surface area contributed by atoms with Crippen LogP contribution in [0.15, 0.2) is 12.3 Å². The first-order valence-electron chi connectivity index (χ1n) is 6.02. The van der Waals surface area contributed by atoms with Gasteiger partial charge in [0.15, 0.2) is 0 Å². The van der Waals surface area contributed by atoms with Crippen LogP contribution < -0.4 is 0 Å². The summed E-state index contributed by atoms with van der Waals surface area (Å²) in [4.78, 5) is 26.5. The third-order valence-electron chi connectivity index (χ3n) is 3.02. The number of nitrogens with zero attached hydrogens (tertiary/aromatic N) is 1. The number of carbonyl (C=O) groups excluding carboxylic acids is 2. The number of aldehydes is 1. The Hall–Kier alpha value is -1.63.